The molecule has 1 N–H and O–H groups in total. The molecule has 0 saturated carbocycles. The lowest BCUT2D eigenvalue weighted by Gasteiger charge is -2.31. The third-order valence-corrected chi connectivity index (χ3v) is 6.24. The van der Waals surface area contributed by atoms with Gasteiger partial charge in [0.1, 0.15) is 16.4 Å². The number of piperidine rings is 1. The van der Waals surface area contributed by atoms with Crippen LogP contribution in [0.3, 0.4) is 0 Å². The van der Waals surface area contributed by atoms with Gasteiger partial charge in [0.05, 0.1) is 26.7 Å². The highest BCUT2D eigenvalue weighted by molar-refractivity contribution is 7.89. The molecule has 1 aliphatic heterocycles. The third kappa shape index (κ3) is 4.66. The summed E-state index contributed by atoms with van der Waals surface area (Å²) >= 11 is 0. The standard InChI is InChI=1S/C17H26N2O6S/c1-23-10-8-18-17(20)13-5-4-9-19(12-13)26(21,22)16-11-14(24-2)6-7-15(16)25-3/h6-7,11,13H,4-5,8-10,12H2,1-3H3,(H,18,20)/t13-/m0/s1. The van der Waals surface area contributed by atoms with Gasteiger partial charge < -0.3 is 19.5 Å². The first-order chi connectivity index (χ1) is 12.4. The van der Waals surface area contributed by atoms with E-state index in [9.17, 15) is 13.2 Å². The van der Waals surface area contributed by atoms with Gasteiger partial charge in [0.25, 0.3) is 0 Å². The maximum absolute atomic E-state index is 13.1. The Morgan fingerprint density at radius 1 is 1.27 bits per heavy atom. The van der Waals surface area contributed by atoms with Crippen molar-refractivity contribution in [2.75, 3.05) is 47.6 Å². The van der Waals surface area contributed by atoms with E-state index in [4.69, 9.17) is 14.2 Å². The molecule has 0 aromatic heterocycles. The van der Waals surface area contributed by atoms with Crippen LogP contribution >= 0.6 is 0 Å². The van der Waals surface area contributed by atoms with E-state index >= 15 is 0 Å². The largest absolute Gasteiger partial charge is 0.497 e. The van der Waals surface area contributed by atoms with Crippen molar-refractivity contribution >= 4 is 15.9 Å². The van der Waals surface area contributed by atoms with Crippen LogP contribution in [0.25, 0.3) is 0 Å². The molecule has 0 spiro atoms. The number of amides is 1. The summed E-state index contributed by atoms with van der Waals surface area (Å²) < 4.78 is 42.8. The second kappa shape index (κ2) is 9.20. The van der Waals surface area contributed by atoms with Gasteiger partial charge in [-0.15, -0.1) is 0 Å². The number of carbonyl (C=O) groups excluding carboxylic acids is 1. The summed E-state index contributed by atoms with van der Waals surface area (Å²) in [6.45, 7) is 1.33. The Balaban J connectivity index is 2.19. The number of rotatable bonds is 8. The smallest absolute Gasteiger partial charge is 0.246 e. The summed E-state index contributed by atoms with van der Waals surface area (Å²) in [5.41, 5.74) is 0. The number of hydrogen-bond acceptors (Lipinski definition) is 6. The third-order valence-electron chi connectivity index (χ3n) is 4.35. The molecule has 0 unspecified atom stereocenters. The molecule has 1 aliphatic rings. The summed E-state index contributed by atoms with van der Waals surface area (Å²) in [6, 6.07) is 4.64. The Bertz CT molecular complexity index is 722. The first kappa shape index (κ1) is 20.5. The van der Waals surface area contributed by atoms with Crippen molar-refractivity contribution < 1.29 is 27.4 Å². The second-order valence-electron chi connectivity index (χ2n) is 6.00. The summed E-state index contributed by atoms with van der Waals surface area (Å²) in [4.78, 5) is 12.3. The fourth-order valence-electron chi connectivity index (χ4n) is 2.92. The molecular weight excluding hydrogens is 360 g/mol. The van der Waals surface area contributed by atoms with Crippen LogP contribution in [0.5, 0.6) is 11.5 Å². The van der Waals surface area contributed by atoms with Crippen molar-refractivity contribution in [1.29, 1.82) is 0 Å². The van der Waals surface area contributed by atoms with Gasteiger partial charge in [0.2, 0.25) is 15.9 Å². The zero-order valence-electron chi connectivity index (χ0n) is 15.4. The van der Waals surface area contributed by atoms with Gasteiger partial charge in [-0.2, -0.15) is 4.31 Å². The molecule has 1 aromatic carbocycles. The average Bonchev–Trinajstić information content (AvgIpc) is 2.67. The molecule has 9 heteroatoms. The molecule has 1 amide bonds. The number of ether oxygens (including phenoxy) is 3. The molecule has 26 heavy (non-hydrogen) atoms. The molecule has 0 bridgehead atoms. The van der Waals surface area contributed by atoms with E-state index in [2.05, 4.69) is 5.32 Å². The van der Waals surface area contributed by atoms with E-state index in [1.54, 1.807) is 19.2 Å². The van der Waals surface area contributed by atoms with Crippen LogP contribution < -0.4 is 14.8 Å². The fraction of sp³-hybridized carbons (Fsp3) is 0.588. The first-order valence-corrected chi connectivity index (χ1v) is 9.87. The maximum atomic E-state index is 13.1. The Morgan fingerprint density at radius 3 is 2.69 bits per heavy atom. The van der Waals surface area contributed by atoms with Crippen molar-refractivity contribution in [1.82, 2.24) is 9.62 Å². The van der Waals surface area contributed by atoms with Crippen LogP contribution in [-0.2, 0) is 19.6 Å². The second-order valence-corrected chi connectivity index (χ2v) is 7.91. The first-order valence-electron chi connectivity index (χ1n) is 8.43. The minimum atomic E-state index is -3.81. The van der Waals surface area contributed by atoms with E-state index in [0.29, 0.717) is 38.3 Å². The number of nitrogens with one attached hydrogen (secondary N) is 1. The van der Waals surface area contributed by atoms with E-state index in [1.165, 1.54) is 24.6 Å². The van der Waals surface area contributed by atoms with E-state index in [0.717, 1.165) is 0 Å². The van der Waals surface area contributed by atoms with Crippen molar-refractivity contribution in [2.24, 2.45) is 5.92 Å². The number of carbonyl (C=O) groups is 1. The Hall–Kier alpha value is -1.84. The van der Waals surface area contributed by atoms with Gasteiger partial charge in [-0.05, 0) is 25.0 Å². The number of nitrogens with zero attached hydrogens (tertiary/aromatic N) is 1. The van der Waals surface area contributed by atoms with Gasteiger partial charge in [0, 0.05) is 32.8 Å². The van der Waals surface area contributed by atoms with Crippen molar-refractivity contribution in [2.45, 2.75) is 17.7 Å². The van der Waals surface area contributed by atoms with Crippen LogP contribution in [0, 0.1) is 5.92 Å². The quantitative estimate of drug-likeness (QED) is 0.666. The number of sulfonamides is 1. The van der Waals surface area contributed by atoms with E-state index < -0.39 is 10.0 Å². The molecule has 146 valence electrons. The topological polar surface area (TPSA) is 94.2 Å². The van der Waals surface area contributed by atoms with Crippen LogP contribution in [0.1, 0.15) is 12.8 Å². The monoisotopic (exact) mass is 386 g/mol. The number of benzene rings is 1. The normalized spacial score (nSPS) is 18.3. The van der Waals surface area contributed by atoms with Gasteiger partial charge in [-0.3, -0.25) is 4.79 Å². The summed E-state index contributed by atoms with van der Waals surface area (Å²) in [5, 5.41) is 2.78. The molecule has 1 fully saturated rings. The van der Waals surface area contributed by atoms with Crippen LogP contribution in [0.4, 0.5) is 0 Å². The molecule has 1 aromatic rings. The van der Waals surface area contributed by atoms with Crippen LogP contribution in [0.2, 0.25) is 0 Å². The highest BCUT2D eigenvalue weighted by atomic mass is 32.2. The molecule has 1 heterocycles. The van der Waals surface area contributed by atoms with E-state index in [-0.39, 0.29) is 29.0 Å². The van der Waals surface area contributed by atoms with Crippen LogP contribution in [-0.4, -0.2) is 66.2 Å². The van der Waals surface area contributed by atoms with Crippen molar-refractivity contribution in [3.63, 3.8) is 0 Å². The lowest BCUT2D eigenvalue weighted by molar-refractivity contribution is -0.126. The molecule has 8 nitrogen and oxygen atoms in total. The van der Waals surface area contributed by atoms with Crippen molar-refractivity contribution in [3.05, 3.63) is 18.2 Å². The number of methoxy groups -OCH3 is 3. The molecule has 1 saturated heterocycles. The predicted molar refractivity (Wildman–Crippen MR) is 95.9 cm³/mol. The van der Waals surface area contributed by atoms with Gasteiger partial charge in [-0.1, -0.05) is 0 Å². The predicted octanol–water partition coefficient (Wildman–Crippen LogP) is 0.867. The number of hydrogen-bond donors (Lipinski definition) is 1. The SMILES string of the molecule is COCCNC(=O)[C@H]1CCCN(S(=O)(=O)c2cc(OC)ccc2OC)C1. The minimum absolute atomic E-state index is 0.0415. The highest BCUT2D eigenvalue weighted by Crippen LogP contribution is 2.32. The summed E-state index contributed by atoms with van der Waals surface area (Å²) in [5.74, 6) is 0.138. The fourth-order valence-corrected chi connectivity index (χ4v) is 4.61. The average molecular weight is 386 g/mol. The summed E-state index contributed by atoms with van der Waals surface area (Å²) in [6.07, 6.45) is 1.27. The minimum Gasteiger partial charge on any atom is -0.497 e. The lowest BCUT2D eigenvalue weighted by Crippen LogP contribution is -2.45. The Morgan fingerprint density at radius 2 is 2.04 bits per heavy atom. The summed E-state index contributed by atoms with van der Waals surface area (Å²) in [7, 11) is 0.644. The maximum Gasteiger partial charge on any atom is 0.246 e. The highest BCUT2D eigenvalue weighted by Gasteiger charge is 2.35. The Labute approximate surface area is 154 Å². The molecule has 2 rings (SSSR count). The molecule has 0 radical (unpaired) electrons. The van der Waals surface area contributed by atoms with Gasteiger partial charge >= 0.3 is 0 Å². The zero-order valence-corrected chi connectivity index (χ0v) is 16.2. The van der Waals surface area contributed by atoms with Gasteiger partial charge in [0.15, 0.2) is 0 Å². The molecule has 0 aliphatic carbocycles. The zero-order chi connectivity index (χ0) is 19.2. The Kier molecular flexibility index (Phi) is 7.24. The van der Waals surface area contributed by atoms with Crippen molar-refractivity contribution in [3.8, 4) is 11.5 Å². The lowest BCUT2D eigenvalue weighted by atomic mass is 9.99. The van der Waals surface area contributed by atoms with E-state index in [1.807, 2.05) is 0 Å². The van der Waals surface area contributed by atoms with Gasteiger partial charge in [-0.25, -0.2) is 8.42 Å². The molecule has 1 atom stereocenters. The molecular formula is C17H26N2O6S. The van der Waals surface area contributed by atoms with Crippen LogP contribution in [0.15, 0.2) is 23.1 Å².